The number of hydrogen-bond donors (Lipinski definition) is 0. The van der Waals surface area contributed by atoms with Crippen molar-refractivity contribution >= 4 is 7.26 Å². The first kappa shape index (κ1) is 21.7. The van der Waals surface area contributed by atoms with Crippen LogP contribution in [0, 0.1) is 0 Å². The van der Waals surface area contributed by atoms with E-state index in [0.29, 0.717) is 0 Å². The Morgan fingerprint density at radius 3 is 1.00 bits per heavy atom. The van der Waals surface area contributed by atoms with Gasteiger partial charge in [0.15, 0.2) is 5.16 Å². The quantitative estimate of drug-likeness (QED) is 0.417. The fraction of sp³-hybridized carbons (Fsp3) is 0.280. The second-order valence-electron chi connectivity index (χ2n) is 6.90. The third kappa shape index (κ3) is 3.58. The molecule has 142 valence electrons. The molecule has 0 fully saturated rings. The summed E-state index contributed by atoms with van der Waals surface area (Å²) in [6, 6.07) is 33.7. The molecular weight excluding hydrogens is 367 g/mol. The van der Waals surface area contributed by atoms with Crippen LogP contribution in [0.2, 0.25) is 0 Å². The Hall–Kier alpha value is -1.62. The molecule has 0 aromatic heterocycles. The zero-order valence-electron chi connectivity index (χ0n) is 16.6. The average Bonchev–Trinajstić information content (AvgIpc) is 2.74. The van der Waals surface area contributed by atoms with Gasteiger partial charge in [0.2, 0.25) is 0 Å². The van der Waals surface area contributed by atoms with E-state index >= 15 is 0 Å². The third-order valence-corrected chi connectivity index (χ3v) is 11.9. The molecule has 2 heteroatoms. The minimum Gasteiger partial charge on any atom is -1.00 e. The molecule has 3 rings (SSSR count). The monoisotopic (exact) mass is 396 g/mol. The van der Waals surface area contributed by atoms with E-state index in [0.717, 1.165) is 0 Å². The van der Waals surface area contributed by atoms with E-state index < -0.39 is 7.26 Å². The fourth-order valence-electron chi connectivity index (χ4n) is 4.74. The van der Waals surface area contributed by atoms with E-state index in [9.17, 15) is 0 Å². The molecule has 0 atom stereocenters. The molecule has 0 amide bonds. The van der Waals surface area contributed by atoms with Crippen LogP contribution in [0.4, 0.5) is 0 Å². The molecule has 0 bridgehead atoms. The van der Waals surface area contributed by atoms with Gasteiger partial charge in [0.1, 0.15) is 0 Å². The van der Waals surface area contributed by atoms with Crippen molar-refractivity contribution in [1.82, 2.24) is 0 Å². The number of hydrogen-bond acceptors (Lipinski definition) is 0. The summed E-state index contributed by atoms with van der Waals surface area (Å²) in [4.78, 5) is 0. The minimum atomic E-state index is -1.35. The standard InChI is InChI=1S/C25H30P.ClH/c1-4-26(5-2,6-3)25(22-16-10-7-11-17-22,23-18-12-8-13-19-23)24-20-14-9-15-21-24;/h7-21H,4-6H2,1-3H3;1H/q+1;/p-1. The molecule has 0 radical (unpaired) electrons. The zero-order valence-corrected chi connectivity index (χ0v) is 18.3. The lowest BCUT2D eigenvalue weighted by Crippen LogP contribution is -3.00. The lowest BCUT2D eigenvalue weighted by molar-refractivity contribution is -0.00000534. The maximum Gasteiger partial charge on any atom is 0.154 e. The second kappa shape index (κ2) is 9.54. The van der Waals surface area contributed by atoms with E-state index in [1.54, 1.807) is 0 Å². The van der Waals surface area contributed by atoms with E-state index in [1.807, 2.05) is 0 Å². The molecule has 0 aliphatic heterocycles. The van der Waals surface area contributed by atoms with Gasteiger partial charge in [-0.3, -0.25) is 0 Å². The topological polar surface area (TPSA) is 0 Å². The normalized spacial score (nSPS) is 11.7. The van der Waals surface area contributed by atoms with Crippen LogP contribution in [-0.2, 0) is 5.16 Å². The highest BCUT2D eigenvalue weighted by Crippen LogP contribution is 2.76. The van der Waals surface area contributed by atoms with Gasteiger partial charge in [0.05, 0.1) is 18.5 Å². The van der Waals surface area contributed by atoms with Gasteiger partial charge in [-0.15, -0.1) is 0 Å². The van der Waals surface area contributed by atoms with Crippen LogP contribution in [-0.4, -0.2) is 18.5 Å². The van der Waals surface area contributed by atoms with Gasteiger partial charge in [-0.05, 0) is 20.8 Å². The van der Waals surface area contributed by atoms with Crippen LogP contribution in [0.25, 0.3) is 0 Å². The average molecular weight is 397 g/mol. The van der Waals surface area contributed by atoms with Crippen LogP contribution in [0.15, 0.2) is 91.0 Å². The molecule has 0 saturated heterocycles. The van der Waals surface area contributed by atoms with Crippen LogP contribution >= 0.6 is 7.26 Å². The maximum absolute atomic E-state index is 2.41. The maximum atomic E-state index is 2.41. The number of rotatable bonds is 7. The molecule has 0 N–H and O–H groups in total. The molecule has 0 nitrogen and oxygen atoms in total. The highest BCUT2D eigenvalue weighted by atomic mass is 35.5. The van der Waals surface area contributed by atoms with Gasteiger partial charge < -0.3 is 12.4 Å². The summed E-state index contributed by atoms with van der Waals surface area (Å²) in [7, 11) is -1.35. The van der Waals surface area contributed by atoms with Gasteiger partial charge in [-0.1, -0.05) is 91.0 Å². The second-order valence-corrected chi connectivity index (χ2v) is 11.8. The van der Waals surface area contributed by atoms with Gasteiger partial charge in [0.25, 0.3) is 0 Å². The summed E-state index contributed by atoms with van der Waals surface area (Å²) in [5, 5.41) is -0.0466. The Kier molecular flexibility index (Phi) is 7.66. The molecular formula is C25H30ClP. The smallest absolute Gasteiger partial charge is 0.154 e. The highest BCUT2D eigenvalue weighted by molar-refractivity contribution is 7.77. The van der Waals surface area contributed by atoms with E-state index in [-0.39, 0.29) is 17.6 Å². The van der Waals surface area contributed by atoms with Crippen LogP contribution < -0.4 is 12.4 Å². The Morgan fingerprint density at radius 1 is 0.519 bits per heavy atom. The van der Waals surface area contributed by atoms with E-state index in [2.05, 4.69) is 112 Å². The predicted octanol–water partition coefficient (Wildman–Crippen LogP) is 4.06. The van der Waals surface area contributed by atoms with Crippen LogP contribution in [0.5, 0.6) is 0 Å². The van der Waals surface area contributed by atoms with E-state index in [1.165, 1.54) is 35.2 Å². The van der Waals surface area contributed by atoms with Crippen molar-refractivity contribution in [3.8, 4) is 0 Å². The Labute approximate surface area is 171 Å². The molecule has 0 heterocycles. The molecule has 0 aliphatic rings. The van der Waals surface area contributed by atoms with Crippen LogP contribution in [0.3, 0.4) is 0 Å². The molecule has 27 heavy (non-hydrogen) atoms. The van der Waals surface area contributed by atoms with Gasteiger partial charge in [-0.2, -0.15) is 0 Å². The largest absolute Gasteiger partial charge is 1.00 e. The van der Waals surface area contributed by atoms with Crippen molar-refractivity contribution < 1.29 is 12.4 Å². The molecule has 0 saturated carbocycles. The van der Waals surface area contributed by atoms with E-state index in [4.69, 9.17) is 0 Å². The first-order valence-corrected chi connectivity index (χ1v) is 12.1. The first-order chi connectivity index (χ1) is 12.7. The lowest BCUT2D eigenvalue weighted by Gasteiger charge is -2.45. The summed E-state index contributed by atoms with van der Waals surface area (Å²) in [6.45, 7) is 7.22. The van der Waals surface area contributed by atoms with Crippen LogP contribution in [0.1, 0.15) is 37.5 Å². The highest BCUT2D eigenvalue weighted by Gasteiger charge is 2.57. The van der Waals surface area contributed by atoms with Crippen molar-refractivity contribution in [2.24, 2.45) is 0 Å². The summed E-state index contributed by atoms with van der Waals surface area (Å²) >= 11 is 0. The number of halogens is 1. The molecule has 0 unspecified atom stereocenters. The molecule has 0 aliphatic carbocycles. The summed E-state index contributed by atoms with van der Waals surface area (Å²) < 4.78 is 0. The Balaban J connectivity index is 0.00000261. The fourth-order valence-corrected chi connectivity index (χ4v) is 9.60. The van der Waals surface area contributed by atoms with Crippen molar-refractivity contribution in [2.75, 3.05) is 18.5 Å². The zero-order chi connectivity index (χ0) is 18.5. The summed E-state index contributed by atoms with van der Waals surface area (Å²) in [6.07, 6.45) is 3.75. The van der Waals surface area contributed by atoms with Crippen molar-refractivity contribution in [1.29, 1.82) is 0 Å². The Morgan fingerprint density at radius 2 is 0.778 bits per heavy atom. The van der Waals surface area contributed by atoms with Crippen molar-refractivity contribution in [3.05, 3.63) is 108 Å². The van der Waals surface area contributed by atoms with Gasteiger partial charge in [0, 0.05) is 24.0 Å². The summed E-state index contributed by atoms with van der Waals surface area (Å²) in [5.41, 5.74) is 4.32. The number of benzene rings is 3. The lowest BCUT2D eigenvalue weighted by atomic mass is 9.84. The Bertz CT molecular complexity index is 691. The molecule has 3 aromatic carbocycles. The predicted molar refractivity (Wildman–Crippen MR) is 118 cm³/mol. The summed E-state index contributed by atoms with van der Waals surface area (Å²) in [5.74, 6) is 0. The molecule has 3 aromatic rings. The van der Waals surface area contributed by atoms with Crippen molar-refractivity contribution in [3.63, 3.8) is 0 Å². The molecule has 0 spiro atoms. The van der Waals surface area contributed by atoms with Gasteiger partial charge >= 0.3 is 0 Å². The third-order valence-electron chi connectivity index (χ3n) is 6.10. The van der Waals surface area contributed by atoms with Gasteiger partial charge in [-0.25, -0.2) is 0 Å². The van der Waals surface area contributed by atoms with Crippen molar-refractivity contribution in [2.45, 2.75) is 25.9 Å². The minimum absolute atomic E-state index is 0. The SMILES string of the molecule is CC[P+](CC)(CC)C(c1ccccc1)(c1ccccc1)c1ccccc1.[Cl-]. The first-order valence-electron chi connectivity index (χ1n) is 9.78.